The monoisotopic (exact) mass is 660 g/mol. The second kappa shape index (κ2) is 12.2. The van der Waals surface area contributed by atoms with Crippen LogP contribution < -0.4 is 4.74 Å². The van der Waals surface area contributed by atoms with Gasteiger partial charge >= 0.3 is 11.9 Å². The van der Waals surface area contributed by atoms with E-state index in [1.807, 2.05) is 0 Å². The van der Waals surface area contributed by atoms with Gasteiger partial charge in [0.25, 0.3) is 0 Å². The summed E-state index contributed by atoms with van der Waals surface area (Å²) >= 11 is 6.66. The zero-order valence-electron chi connectivity index (χ0n) is 26.3. The number of halogens is 4. The highest BCUT2D eigenvalue weighted by molar-refractivity contribution is 6.32. The molecule has 3 aliphatic rings. The number of allylic oxidation sites excluding steroid dienone is 4. The van der Waals surface area contributed by atoms with E-state index < -0.39 is 34.0 Å². The Morgan fingerprint density at radius 2 is 1.50 bits per heavy atom. The predicted molar refractivity (Wildman–Crippen MR) is 166 cm³/mol. The van der Waals surface area contributed by atoms with Crippen molar-refractivity contribution in [2.75, 3.05) is 20.3 Å². The normalized spacial score (nSPS) is 19.7. The van der Waals surface area contributed by atoms with Gasteiger partial charge in [-0.3, -0.25) is 19.7 Å². The highest BCUT2D eigenvalue weighted by atomic mass is 35.5. The Morgan fingerprint density at radius 3 is 2.00 bits per heavy atom. The number of ether oxygens (including phenoxy) is 2. The van der Waals surface area contributed by atoms with E-state index in [2.05, 4.69) is 32.6 Å². The smallest absolute Gasteiger partial charge is 0.416 e. The molecule has 0 fully saturated rings. The molecule has 0 spiro atoms. The Kier molecular flexibility index (Phi) is 8.89. The molecular formula is C34H36ClF3N2O6. The van der Waals surface area contributed by atoms with Crippen LogP contribution in [-0.2, 0) is 20.5 Å². The third-order valence-corrected chi connectivity index (χ3v) is 9.04. The molecule has 0 saturated carbocycles. The fourth-order valence-corrected chi connectivity index (χ4v) is 7.07. The molecule has 0 radical (unpaired) electrons. The average molecular weight is 661 g/mol. The zero-order valence-corrected chi connectivity index (χ0v) is 27.1. The first-order chi connectivity index (χ1) is 21.4. The summed E-state index contributed by atoms with van der Waals surface area (Å²) in [6.07, 6.45) is -2.19. The van der Waals surface area contributed by atoms with Crippen molar-refractivity contribution >= 4 is 28.9 Å². The predicted octanol–water partition coefficient (Wildman–Crippen LogP) is 8.78. The van der Waals surface area contributed by atoms with Gasteiger partial charge in [0.1, 0.15) is 5.75 Å². The summed E-state index contributed by atoms with van der Waals surface area (Å²) in [6.45, 7) is 9.33. The van der Waals surface area contributed by atoms with Crippen LogP contribution in [0.4, 0.5) is 18.9 Å². The summed E-state index contributed by atoms with van der Waals surface area (Å²) < 4.78 is 50.6. The molecule has 46 heavy (non-hydrogen) atoms. The van der Waals surface area contributed by atoms with E-state index >= 15 is 0 Å². The van der Waals surface area contributed by atoms with Crippen LogP contribution in [0, 0.1) is 20.9 Å². The summed E-state index contributed by atoms with van der Waals surface area (Å²) in [5, 5.41) is 11.6. The number of alkyl halides is 3. The number of Topliss-reactive ketones (excluding diaryl/α,β-unsaturated/α-hetero) is 2. The Hall–Kier alpha value is -3.70. The highest BCUT2D eigenvalue weighted by Gasteiger charge is 2.49. The van der Waals surface area contributed by atoms with Crippen molar-refractivity contribution in [2.24, 2.45) is 10.8 Å². The van der Waals surface area contributed by atoms with Crippen LogP contribution in [0.25, 0.3) is 0 Å². The number of nitro benzene ring substituents is 1. The third-order valence-electron chi connectivity index (χ3n) is 8.74. The van der Waals surface area contributed by atoms with Crippen molar-refractivity contribution in [2.45, 2.75) is 71.9 Å². The van der Waals surface area contributed by atoms with Gasteiger partial charge in [-0.25, -0.2) is 0 Å². The number of nitrogens with zero attached hydrogens (tertiary/aromatic N) is 2. The van der Waals surface area contributed by atoms with E-state index in [0.29, 0.717) is 74.1 Å². The van der Waals surface area contributed by atoms with Gasteiger partial charge in [0, 0.05) is 67.6 Å². The Labute approximate surface area is 270 Å². The number of methoxy groups -OCH3 is 1. The highest BCUT2D eigenvalue weighted by Crippen LogP contribution is 2.55. The molecule has 5 rings (SSSR count). The lowest BCUT2D eigenvalue weighted by Crippen LogP contribution is -2.44. The van der Waals surface area contributed by atoms with Crippen LogP contribution in [0.15, 0.2) is 58.9 Å². The van der Waals surface area contributed by atoms with Gasteiger partial charge in [0.05, 0.1) is 15.5 Å². The van der Waals surface area contributed by atoms with Crippen LogP contribution in [0.1, 0.15) is 76.8 Å². The molecule has 0 amide bonds. The Balaban J connectivity index is 1.61. The molecule has 0 bridgehead atoms. The van der Waals surface area contributed by atoms with Crippen molar-refractivity contribution in [1.29, 1.82) is 0 Å². The fourth-order valence-electron chi connectivity index (χ4n) is 6.84. The molecule has 0 saturated heterocycles. The number of hydrogen-bond acceptors (Lipinski definition) is 7. The molecule has 0 aromatic heterocycles. The lowest BCUT2D eigenvalue weighted by atomic mass is 9.63. The number of benzene rings is 2. The van der Waals surface area contributed by atoms with Crippen LogP contribution >= 0.6 is 11.6 Å². The van der Waals surface area contributed by atoms with Gasteiger partial charge in [-0.1, -0.05) is 45.4 Å². The van der Waals surface area contributed by atoms with Crippen LogP contribution in [0.2, 0.25) is 5.02 Å². The van der Waals surface area contributed by atoms with E-state index in [1.165, 1.54) is 6.07 Å². The molecule has 2 aromatic rings. The van der Waals surface area contributed by atoms with Gasteiger partial charge in [-0.15, -0.1) is 0 Å². The maximum atomic E-state index is 14.0. The lowest BCUT2D eigenvalue weighted by Gasteiger charge is -2.49. The largest absolute Gasteiger partial charge is 0.449 e. The van der Waals surface area contributed by atoms with E-state index in [1.54, 1.807) is 19.2 Å². The zero-order chi connectivity index (χ0) is 33.8. The van der Waals surface area contributed by atoms with Gasteiger partial charge in [0.15, 0.2) is 11.6 Å². The average Bonchev–Trinajstić information content (AvgIpc) is 2.92. The minimum absolute atomic E-state index is 0.0192. The molecule has 8 nitrogen and oxygen atoms in total. The van der Waals surface area contributed by atoms with E-state index in [-0.39, 0.29) is 33.2 Å². The van der Waals surface area contributed by atoms with Crippen molar-refractivity contribution < 1.29 is 37.2 Å². The van der Waals surface area contributed by atoms with Crippen LogP contribution in [0.5, 0.6) is 11.5 Å². The summed E-state index contributed by atoms with van der Waals surface area (Å²) in [5.74, 6) is -1.21. The topological polar surface area (TPSA) is 99.0 Å². The first kappa shape index (κ1) is 33.7. The van der Waals surface area contributed by atoms with Crippen molar-refractivity contribution in [3.63, 3.8) is 0 Å². The lowest BCUT2D eigenvalue weighted by molar-refractivity contribution is -0.385. The van der Waals surface area contributed by atoms with E-state index in [4.69, 9.17) is 21.1 Å². The minimum atomic E-state index is -4.78. The minimum Gasteiger partial charge on any atom is -0.449 e. The molecule has 246 valence electrons. The fraction of sp³-hybridized carbons (Fsp3) is 0.471. The number of carbonyl (C=O) groups is 2. The van der Waals surface area contributed by atoms with E-state index in [9.17, 15) is 32.9 Å². The first-order valence-corrected chi connectivity index (χ1v) is 15.4. The second-order valence-electron chi connectivity index (χ2n) is 13.8. The van der Waals surface area contributed by atoms with Gasteiger partial charge in [-0.2, -0.15) is 13.2 Å². The molecule has 0 N–H and O–H groups in total. The second-order valence-corrected chi connectivity index (χ2v) is 14.2. The molecule has 0 unspecified atom stereocenters. The number of ketones is 2. The quantitative estimate of drug-likeness (QED) is 0.159. The maximum absolute atomic E-state index is 14.0. The Morgan fingerprint density at radius 1 is 0.935 bits per heavy atom. The summed E-state index contributed by atoms with van der Waals surface area (Å²) in [7, 11) is 1.63. The SMILES string of the molecule is COCCCN1C2=C(C(=O)CC(C)(C)C2)C(c2ccc(Oc3ccc(C(F)(F)F)cc3[N+](=O)[O-])c(Cl)c2)C2=C1CC(C)(C)CC2=O. The number of carbonyl (C=O) groups excluding carboxylic acids is 2. The molecule has 12 heteroatoms. The van der Waals surface area contributed by atoms with Crippen LogP contribution in [0.3, 0.4) is 0 Å². The van der Waals surface area contributed by atoms with Crippen molar-refractivity contribution in [3.8, 4) is 11.5 Å². The molecular weight excluding hydrogens is 625 g/mol. The number of rotatable bonds is 8. The number of hydrogen-bond donors (Lipinski definition) is 0. The standard InChI is InChI=1S/C34H36ClF3N2O6/c1-32(2)15-23-30(25(41)17-32)29(31-24(39(23)11-6-12-45-5)16-33(3,4)18-26(31)42)19-7-9-27(21(35)13-19)46-28-10-8-20(34(36,37)38)14-22(28)40(43)44/h7-10,13-14,29H,6,11-12,15-18H2,1-5H3. The summed E-state index contributed by atoms with van der Waals surface area (Å²) in [5.41, 5.74) is 0.847. The summed E-state index contributed by atoms with van der Waals surface area (Å²) in [6, 6.07) is 6.65. The maximum Gasteiger partial charge on any atom is 0.416 e. The molecule has 0 atom stereocenters. The summed E-state index contributed by atoms with van der Waals surface area (Å²) in [4.78, 5) is 40.7. The van der Waals surface area contributed by atoms with Gasteiger partial charge < -0.3 is 14.4 Å². The van der Waals surface area contributed by atoms with Crippen molar-refractivity contribution in [3.05, 3.63) is 85.2 Å². The Bertz CT molecular complexity index is 1620. The molecule has 1 aliphatic heterocycles. The molecule has 1 heterocycles. The molecule has 2 aliphatic carbocycles. The van der Waals surface area contributed by atoms with Gasteiger partial charge in [-0.05, 0) is 59.9 Å². The van der Waals surface area contributed by atoms with Crippen LogP contribution in [-0.4, -0.2) is 41.7 Å². The van der Waals surface area contributed by atoms with E-state index in [0.717, 1.165) is 17.5 Å². The first-order valence-electron chi connectivity index (χ1n) is 15.0. The van der Waals surface area contributed by atoms with Gasteiger partial charge in [0.2, 0.25) is 5.75 Å². The number of nitro groups is 1. The molecule has 2 aromatic carbocycles. The van der Waals surface area contributed by atoms with Crippen molar-refractivity contribution in [1.82, 2.24) is 4.90 Å². The third kappa shape index (κ3) is 6.57.